The number of rotatable bonds is 5. The van der Waals surface area contributed by atoms with Crippen LogP contribution in [0.25, 0.3) is 0 Å². The van der Waals surface area contributed by atoms with Gasteiger partial charge in [0.15, 0.2) is 0 Å². The summed E-state index contributed by atoms with van der Waals surface area (Å²) in [5, 5.41) is 3.60. The van der Waals surface area contributed by atoms with Crippen molar-refractivity contribution in [3.63, 3.8) is 0 Å². The number of hydrogen-bond acceptors (Lipinski definition) is 3. The number of hydrogen-bond donors (Lipinski definition) is 1. The zero-order chi connectivity index (χ0) is 13.7. The van der Waals surface area contributed by atoms with Crippen LogP contribution in [0.15, 0.2) is 0 Å². The summed E-state index contributed by atoms with van der Waals surface area (Å²) in [5.41, 5.74) is 0.271. The molecular weight excluding hydrogens is 236 g/mol. The quantitative estimate of drug-likeness (QED) is 0.829. The van der Waals surface area contributed by atoms with Crippen molar-refractivity contribution in [2.24, 2.45) is 5.92 Å². The summed E-state index contributed by atoms with van der Waals surface area (Å²) in [5.74, 6) is 0.843. The van der Waals surface area contributed by atoms with E-state index >= 15 is 0 Å². The van der Waals surface area contributed by atoms with Crippen molar-refractivity contribution >= 4 is 0 Å². The smallest absolute Gasteiger partial charge is 0.0468 e. The molecule has 0 aromatic heterocycles. The zero-order valence-electron chi connectivity index (χ0n) is 13.1. The van der Waals surface area contributed by atoms with Crippen molar-refractivity contribution < 1.29 is 4.74 Å². The van der Waals surface area contributed by atoms with Gasteiger partial charge in [0.25, 0.3) is 0 Å². The molecule has 0 aromatic carbocycles. The molecule has 3 nitrogen and oxygen atoms in total. The minimum atomic E-state index is 0.271. The highest BCUT2D eigenvalue weighted by atomic mass is 16.5. The molecule has 0 amide bonds. The topological polar surface area (TPSA) is 24.5 Å². The number of piperidine rings is 1. The molecule has 0 saturated carbocycles. The monoisotopic (exact) mass is 268 g/mol. The standard InChI is InChI=1S/C16H32N2O/c1-16(2,18-9-5-4-6-10-18)15(17-3)13-14-7-11-19-12-8-14/h14-15,17H,4-13H2,1-3H3. The fourth-order valence-electron chi connectivity index (χ4n) is 3.77. The van der Waals surface area contributed by atoms with Gasteiger partial charge in [0.05, 0.1) is 0 Å². The van der Waals surface area contributed by atoms with E-state index in [1.165, 1.54) is 51.6 Å². The highest BCUT2D eigenvalue weighted by Gasteiger charge is 2.36. The Kier molecular flexibility index (Phi) is 5.67. The van der Waals surface area contributed by atoms with Gasteiger partial charge in [0.1, 0.15) is 0 Å². The van der Waals surface area contributed by atoms with Crippen LogP contribution in [-0.4, -0.2) is 49.8 Å². The predicted molar refractivity (Wildman–Crippen MR) is 80.5 cm³/mol. The largest absolute Gasteiger partial charge is 0.381 e. The molecule has 2 rings (SSSR count). The molecule has 2 fully saturated rings. The maximum atomic E-state index is 5.49. The Balaban J connectivity index is 1.93. The fourth-order valence-corrected chi connectivity index (χ4v) is 3.77. The Labute approximate surface area is 119 Å². The molecule has 0 bridgehead atoms. The Morgan fingerprint density at radius 2 is 1.79 bits per heavy atom. The van der Waals surface area contributed by atoms with Crippen LogP contribution in [0.4, 0.5) is 0 Å². The molecule has 1 atom stereocenters. The van der Waals surface area contributed by atoms with Crippen LogP contribution < -0.4 is 5.32 Å². The number of likely N-dealkylation sites (tertiary alicyclic amines) is 1. The van der Waals surface area contributed by atoms with E-state index in [0.717, 1.165) is 19.1 Å². The lowest BCUT2D eigenvalue weighted by molar-refractivity contribution is 0.0303. The molecule has 2 aliphatic heterocycles. The molecule has 2 aliphatic rings. The first kappa shape index (κ1) is 15.3. The third-order valence-electron chi connectivity index (χ3n) is 5.28. The van der Waals surface area contributed by atoms with Crippen molar-refractivity contribution in [2.45, 2.75) is 64.0 Å². The van der Waals surface area contributed by atoms with Gasteiger partial charge in [-0.1, -0.05) is 6.42 Å². The highest BCUT2D eigenvalue weighted by Crippen LogP contribution is 2.29. The Hall–Kier alpha value is -0.120. The van der Waals surface area contributed by atoms with Gasteiger partial charge < -0.3 is 10.1 Å². The Morgan fingerprint density at radius 1 is 1.16 bits per heavy atom. The minimum Gasteiger partial charge on any atom is -0.381 e. The van der Waals surface area contributed by atoms with Gasteiger partial charge in [-0.15, -0.1) is 0 Å². The number of ether oxygens (including phenoxy) is 1. The summed E-state index contributed by atoms with van der Waals surface area (Å²) in [6, 6.07) is 0.591. The van der Waals surface area contributed by atoms with E-state index in [1.807, 2.05) is 0 Å². The van der Waals surface area contributed by atoms with E-state index in [9.17, 15) is 0 Å². The lowest BCUT2D eigenvalue weighted by Crippen LogP contribution is -2.58. The summed E-state index contributed by atoms with van der Waals surface area (Å²) < 4.78 is 5.49. The van der Waals surface area contributed by atoms with E-state index in [4.69, 9.17) is 4.74 Å². The van der Waals surface area contributed by atoms with Gasteiger partial charge in [-0.3, -0.25) is 4.90 Å². The third-order valence-corrected chi connectivity index (χ3v) is 5.28. The molecule has 0 spiro atoms. The number of nitrogens with zero attached hydrogens (tertiary/aromatic N) is 1. The first-order valence-electron chi connectivity index (χ1n) is 8.14. The average molecular weight is 268 g/mol. The lowest BCUT2D eigenvalue weighted by Gasteiger charge is -2.47. The van der Waals surface area contributed by atoms with Crippen LogP contribution in [0, 0.1) is 5.92 Å². The molecule has 2 heterocycles. The minimum absolute atomic E-state index is 0.271. The lowest BCUT2D eigenvalue weighted by atomic mass is 9.82. The predicted octanol–water partition coefficient (Wildman–Crippen LogP) is 2.66. The van der Waals surface area contributed by atoms with E-state index in [2.05, 4.69) is 31.1 Å². The van der Waals surface area contributed by atoms with Crippen LogP contribution in [0.3, 0.4) is 0 Å². The summed E-state index contributed by atoms with van der Waals surface area (Å²) in [6.07, 6.45) is 7.94. The Morgan fingerprint density at radius 3 is 2.37 bits per heavy atom. The van der Waals surface area contributed by atoms with Gasteiger partial charge in [0.2, 0.25) is 0 Å². The molecule has 1 unspecified atom stereocenters. The molecule has 2 saturated heterocycles. The van der Waals surface area contributed by atoms with Gasteiger partial charge in [-0.05, 0) is 72.0 Å². The van der Waals surface area contributed by atoms with Crippen LogP contribution in [-0.2, 0) is 4.74 Å². The van der Waals surface area contributed by atoms with Crippen molar-refractivity contribution in [3.05, 3.63) is 0 Å². The van der Waals surface area contributed by atoms with Crippen molar-refractivity contribution in [1.82, 2.24) is 10.2 Å². The van der Waals surface area contributed by atoms with Crippen molar-refractivity contribution in [1.29, 1.82) is 0 Å². The van der Waals surface area contributed by atoms with Crippen molar-refractivity contribution in [2.75, 3.05) is 33.4 Å². The van der Waals surface area contributed by atoms with Crippen LogP contribution >= 0.6 is 0 Å². The van der Waals surface area contributed by atoms with E-state index < -0.39 is 0 Å². The van der Waals surface area contributed by atoms with E-state index in [1.54, 1.807) is 0 Å². The molecular formula is C16H32N2O. The number of nitrogens with one attached hydrogen (secondary N) is 1. The van der Waals surface area contributed by atoms with Gasteiger partial charge in [0, 0.05) is 24.8 Å². The molecule has 0 aromatic rings. The summed E-state index contributed by atoms with van der Waals surface area (Å²) >= 11 is 0. The third kappa shape index (κ3) is 3.93. The molecule has 1 N–H and O–H groups in total. The molecule has 0 radical (unpaired) electrons. The molecule has 3 heteroatoms. The summed E-state index contributed by atoms with van der Waals surface area (Å²) in [6.45, 7) is 9.34. The van der Waals surface area contributed by atoms with Crippen LogP contribution in [0.1, 0.15) is 52.4 Å². The van der Waals surface area contributed by atoms with Crippen molar-refractivity contribution in [3.8, 4) is 0 Å². The Bertz CT molecular complexity index is 255. The van der Waals surface area contributed by atoms with E-state index in [0.29, 0.717) is 6.04 Å². The second-order valence-electron chi connectivity index (χ2n) is 6.83. The SMILES string of the molecule is CNC(CC1CCOCC1)C(C)(C)N1CCCCC1. The second-order valence-corrected chi connectivity index (χ2v) is 6.83. The molecule has 112 valence electrons. The zero-order valence-corrected chi connectivity index (χ0v) is 13.1. The highest BCUT2D eigenvalue weighted by molar-refractivity contribution is 4.95. The van der Waals surface area contributed by atoms with Gasteiger partial charge in [-0.25, -0.2) is 0 Å². The van der Waals surface area contributed by atoms with E-state index in [-0.39, 0.29) is 5.54 Å². The number of likely N-dealkylation sites (N-methyl/N-ethyl adjacent to an activating group) is 1. The fraction of sp³-hybridized carbons (Fsp3) is 1.00. The summed E-state index contributed by atoms with van der Waals surface area (Å²) in [7, 11) is 2.13. The second kappa shape index (κ2) is 7.05. The first-order valence-corrected chi connectivity index (χ1v) is 8.14. The van der Waals surface area contributed by atoms with Crippen LogP contribution in [0.5, 0.6) is 0 Å². The average Bonchev–Trinajstić information content (AvgIpc) is 2.46. The maximum Gasteiger partial charge on any atom is 0.0468 e. The molecule has 0 aliphatic carbocycles. The maximum absolute atomic E-state index is 5.49. The first-order chi connectivity index (χ1) is 9.14. The summed E-state index contributed by atoms with van der Waals surface area (Å²) in [4.78, 5) is 2.71. The normalized spacial score (nSPS) is 25.4. The van der Waals surface area contributed by atoms with Gasteiger partial charge in [-0.2, -0.15) is 0 Å². The van der Waals surface area contributed by atoms with Crippen LogP contribution in [0.2, 0.25) is 0 Å². The molecule has 19 heavy (non-hydrogen) atoms. The van der Waals surface area contributed by atoms with Gasteiger partial charge >= 0.3 is 0 Å².